The fraction of sp³-hybridized carbons (Fsp3) is 0.250. The maximum absolute atomic E-state index is 12.3. The van der Waals surface area contributed by atoms with E-state index in [0.29, 0.717) is 6.54 Å². The highest BCUT2D eigenvalue weighted by atomic mass is 32.2. The average Bonchev–Trinajstić information content (AvgIpc) is 3.28. The van der Waals surface area contributed by atoms with E-state index in [-0.39, 0.29) is 11.7 Å². The number of thiophene rings is 1. The van der Waals surface area contributed by atoms with Crippen LogP contribution in [0.15, 0.2) is 53.5 Å². The molecule has 0 aliphatic carbocycles. The smallest absolute Gasteiger partial charge is 0.234 e. The van der Waals surface area contributed by atoms with Crippen molar-refractivity contribution >= 4 is 34.7 Å². The topological polar surface area (TPSA) is 59.8 Å². The van der Waals surface area contributed by atoms with E-state index in [0.717, 1.165) is 28.7 Å². The molecule has 0 bridgehead atoms. The van der Waals surface area contributed by atoms with Gasteiger partial charge in [0.2, 0.25) is 5.91 Å². The number of aromatic nitrogens is 3. The summed E-state index contributed by atoms with van der Waals surface area (Å²) in [6.07, 6.45) is 2.55. The van der Waals surface area contributed by atoms with Crippen molar-refractivity contribution < 1.29 is 4.79 Å². The van der Waals surface area contributed by atoms with Crippen molar-refractivity contribution in [1.29, 1.82) is 0 Å². The quantitative estimate of drug-likeness (QED) is 0.449. The second-order valence-corrected chi connectivity index (χ2v) is 8.16. The second kappa shape index (κ2) is 9.01. The SMILES string of the molecule is C=CCn1c(Cc2cccs2)nnc1SCC(=O)Nc1ccc(C)c(C)c1. The van der Waals surface area contributed by atoms with Gasteiger partial charge in [0.05, 0.1) is 5.75 Å². The average molecular weight is 399 g/mol. The Balaban J connectivity index is 1.64. The van der Waals surface area contributed by atoms with Crippen LogP contribution in [0.3, 0.4) is 0 Å². The Kier molecular flexibility index (Phi) is 6.47. The maximum Gasteiger partial charge on any atom is 0.234 e. The zero-order valence-electron chi connectivity index (χ0n) is 15.4. The van der Waals surface area contributed by atoms with Gasteiger partial charge in [-0.05, 0) is 48.6 Å². The number of carbonyl (C=O) groups excluding carboxylic acids is 1. The molecule has 0 spiro atoms. The largest absolute Gasteiger partial charge is 0.325 e. The van der Waals surface area contributed by atoms with Gasteiger partial charge in [0, 0.05) is 23.5 Å². The first-order valence-corrected chi connectivity index (χ1v) is 10.5. The van der Waals surface area contributed by atoms with Crippen molar-refractivity contribution in [2.45, 2.75) is 32.0 Å². The van der Waals surface area contributed by atoms with Crippen LogP contribution in [-0.2, 0) is 17.8 Å². The maximum atomic E-state index is 12.3. The number of benzene rings is 1. The number of hydrogen-bond acceptors (Lipinski definition) is 5. The van der Waals surface area contributed by atoms with E-state index in [1.54, 1.807) is 11.3 Å². The molecule has 0 saturated heterocycles. The lowest BCUT2D eigenvalue weighted by atomic mass is 10.1. The standard InChI is InChI=1S/C20H22N4OS2/c1-4-9-24-18(12-17-6-5-10-26-17)22-23-20(24)27-13-19(25)21-16-8-7-14(2)15(3)11-16/h4-8,10-11H,1,9,12-13H2,2-3H3,(H,21,25). The highest BCUT2D eigenvalue weighted by molar-refractivity contribution is 7.99. The third-order valence-electron chi connectivity index (χ3n) is 4.14. The molecule has 1 N–H and O–H groups in total. The van der Waals surface area contributed by atoms with Crippen LogP contribution in [-0.4, -0.2) is 26.4 Å². The van der Waals surface area contributed by atoms with E-state index in [4.69, 9.17) is 0 Å². The number of rotatable bonds is 8. The fourth-order valence-electron chi connectivity index (χ4n) is 2.58. The molecule has 140 valence electrons. The minimum Gasteiger partial charge on any atom is -0.325 e. The van der Waals surface area contributed by atoms with Crippen LogP contribution >= 0.6 is 23.1 Å². The molecule has 0 radical (unpaired) electrons. The van der Waals surface area contributed by atoms with Crippen LogP contribution in [0.4, 0.5) is 5.69 Å². The van der Waals surface area contributed by atoms with E-state index in [9.17, 15) is 4.79 Å². The number of nitrogens with zero attached hydrogens (tertiary/aromatic N) is 3. The number of hydrogen-bond donors (Lipinski definition) is 1. The summed E-state index contributed by atoms with van der Waals surface area (Å²) in [7, 11) is 0. The first kappa shape index (κ1) is 19.4. The van der Waals surface area contributed by atoms with E-state index in [1.165, 1.54) is 22.2 Å². The Morgan fingerprint density at radius 1 is 1.30 bits per heavy atom. The summed E-state index contributed by atoms with van der Waals surface area (Å²) in [5.74, 6) is 1.10. The predicted octanol–water partition coefficient (Wildman–Crippen LogP) is 4.46. The monoisotopic (exact) mass is 398 g/mol. The third kappa shape index (κ3) is 5.08. The normalized spacial score (nSPS) is 10.7. The molecular weight excluding hydrogens is 376 g/mol. The Morgan fingerprint density at radius 2 is 2.15 bits per heavy atom. The lowest BCUT2D eigenvalue weighted by molar-refractivity contribution is -0.113. The molecule has 27 heavy (non-hydrogen) atoms. The van der Waals surface area contributed by atoms with Gasteiger partial charge in [-0.1, -0.05) is 30.0 Å². The summed E-state index contributed by atoms with van der Waals surface area (Å²) in [5.41, 5.74) is 3.18. The van der Waals surface area contributed by atoms with E-state index in [2.05, 4.69) is 40.5 Å². The number of nitrogens with one attached hydrogen (secondary N) is 1. The van der Waals surface area contributed by atoms with Crippen molar-refractivity contribution in [3.8, 4) is 0 Å². The summed E-state index contributed by atoms with van der Waals surface area (Å²) in [4.78, 5) is 13.5. The highest BCUT2D eigenvalue weighted by Gasteiger charge is 2.14. The van der Waals surface area contributed by atoms with Crippen LogP contribution in [0.5, 0.6) is 0 Å². The molecule has 1 aromatic carbocycles. The summed E-state index contributed by atoms with van der Waals surface area (Å²) in [6, 6.07) is 10.0. The van der Waals surface area contributed by atoms with Gasteiger partial charge in [0.25, 0.3) is 0 Å². The van der Waals surface area contributed by atoms with Crippen molar-refractivity contribution in [3.05, 3.63) is 70.2 Å². The number of anilines is 1. The molecule has 2 aromatic heterocycles. The predicted molar refractivity (Wildman–Crippen MR) is 113 cm³/mol. The molecule has 0 unspecified atom stereocenters. The first-order chi connectivity index (χ1) is 13.1. The van der Waals surface area contributed by atoms with Crippen LogP contribution in [0.2, 0.25) is 0 Å². The van der Waals surface area contributed by atoms with Crippen molar-refractivity contribution in [3.63, 3.8) is 0 Å². The van der Waals surface area contributed by atoms with Gasteiger partial charge in [-0.25, -0.2) is 0 Å². The third-order valence-corrected chi connectivity index (χ3v) is 5.98. The fourth-order valence-corrected chi connectivity index (χ4v) is 4.05. The second-order valence-electron chi connectivity index (χ2n) is 6.19. The first-order valence-electron chi connectivity index (χ1n) is 8.62. The van der Waals surface area contributed by atoms with Crippen molar-refractivity contribution in [1.82, 2.24) is 14.8 Å². The number of aryl methyl sites for hydroxylation is 2. The molecule has 0 fully saturated rings. The van der Waals surface area contributed by atoms with Gasteiger partial charge in [0.15, 0.2) is 5.16 Å². The molecule has 3 aromatic rings. The molecule has 0 aliphatic heterocycles. The Hall–Kier alpha value is -2.38. The summed E-state index contributed by atoms with van der Waals surface area (Å²) >= 11 is 3.09. The van der Waals surface area contributed by atoms with Gasteiger partial charge in [0.1, 0.15) is 5.82 Å². The Morgan fingerprint density at radius 3 is 2.85 bits per heavy atom. The summed E-state index contributed by atoms with van der Waals surface area (Å²) in [6.45, 7) is 8.53. The summed E-state index contributed by atoms with van der Waals surface area (Å²) in [5, 5.41) is 14.3. The molecule has 5 nitrogen and oxygen atoms in total. The lowest BCUT2D eigenvalue weighted by Crippen LogP contribution is -2.15. The number of carbonyl (C=O) groups is 1. The van der Waals surface area contributed by atoms with Gasteiger partial charge >= 0.3 is 0 Å². The molecule has 0 saturated carbocycles. The van der Waals surface area contributed by atoms with Crippen LogP contribution in [0, 0.1) is 13.8 Å². The van der Waals surface area contributed by atoms with Gasteiger partial charge < -0.3 is 9.88 Å². The minimum atomic E-state index is -0.0591. The lowest BCUT2D eigenvalue weighted by Gasteiger charge is -2.09. The summed E-state index contributed by atoms with van der Waals surface area (Å²) < 4.78 is 2.01. The van der Waals surface area contributed by atoms with E-state index < -0.39 is 0 Å². The molecule has 2 heterocycles. The minimum absolute atomic E-state index is 0.0591. The van der Waals surface area contributed by atoms with Crippen molar-refractivity contribution in [2.24, 2.45) is 0 Å². The van der Waals surface area contributed by atoms with Crippen molar-refractivity contribution in [2.75, 3.05) is 11.1 Å². The molecular formula is C20H22N4OS2. The van der Waals surface area contributed by atoms with E-state index in [1.807, 2.05) is 41.8 Å². The van der Waals surface area contributed by atoms with Gasteiger partial charge in [-0.15, -0.1) is 28.1 Å². The zero-order chi connectivity index (χ0) is 19.2. The van der Waals surface area contributed by atoms with Gasteiger partial charge in [-0.2, -0.15) is 0 Å². The molecule has 3 rings (SSSR count). The Bertz CT molecular complexity index is 932. The highest BCUT2D eigenvalue weighted by Crippen LogP contribution is 2.21. The molecule has 0 atom stereocenters. The van der Waals surface area contributed by atoms with Crippen LogP contribution < -0.4 is 5.32 Å². The molecule has 1 amide bonds. The number of amides is 1. The van der Waals surface area contributed by atoms with Gasteiger partial charge in [-0.3, -0.25) is 4.79 Å². The number of thioether (sulfide) groups is 1. The zero-order valence-corrected chi connectivity index (χ0v) is 17.1. The Labute approximate surface area is 167 Å². The molecule has 0 aliphatic rings. The van der Waals surface area contributed by atoms with Crippen LogP contribution in [0.1, 0.15) is 21.8 Å². The number of allylic oxidation sites excluding steroid dienone is 1. The van der Waals surface area contributed by atoms with Crippen LogP contribution in [0.25, 0.3) is 0 Å². The van der Waals surface area contributed by atoms with E-state index >= 15 is 0 Å². The molecule has 7 heteroatoms.